The van der Waals surface area contributed by atoms with Crippen molar-refractivity contribution in [3.8, 4) is 5.75 Å². The van der Waals surface area contributed by atoms with Crippen molar-refractivity contribution < 1.29 is 9.53 Å². The first-order valence-electron chi connectivity index (χ1n) is 7.88. The Hall–Kier alpha value is -2.50. The second kappa shape index (κ2) is 6.32. The zero-order valence-electron chi connectivity index (χ0n) is 13.6. The molecule has 0 fully saturated rings. The molecule has 2 N–H and O–H groups in total. The van der Waals surface area contributed by atoms with Gasteiger partial charge in [0.2, 0.25) is 0 Å². The first-order valence-corrected chi connectivity index (χ1v) is 7.88. The van der Waals surface area contributed by atoms with Gasteiger partial charge in [-0.3, -0.25) is 4.68 Å². The average Bonchev–Trinajstić information content (AvgIpc) is 3.13. The van der Waals surface area contributed by atoms with E-state index in [4.69, 9.17) is 4.74 Å². The lowest BCUT2D eigenvalue weighted by Crippen LogP contribution is -2.40. The van der Waals surface area contributed by atoms with E-state index in [1.54, 1.807) is 10.9 Å². The van der Waals surface area contributed by atoms with Crippen LogP contribution in [-0.4, -0.2) is 28.5 Å². The lowest BCUT2D eigenvalue weighted by molar-refractivity contribution is 0.244. The Bertz CT molecular complexity index is 695. The van der Waals surface area contributed by atoms with Crippen LogP contribution in [0.5, 0.6) is 5.75 Å². The van der Waals surface area contributed by atoms with Crippen LogP contribution in [-0.2, 0) is 0 Å². The highest BCUT2D eigenvalue weighted by Crippen LogP contribution is 2.35. The molecule has 0 saturated heterocycles. The van der Waals surface area contributed by atoms with Gasteiger partial charge in [0.25, 0.3) is 0 Å². The first-order chi connectivity index (χ1) is 11.0. The van der Waals surface area contributed by atoms with Crippen LogP contribution in [0.15, 0.2) is 36.7 Å². The molecule has 1 aliphatic rings. The number of hydrogen-bond acceptors (Lipinski definition) is 3. The fourth-order valence-corrected chi connectivity index (χ4v) is 2.76. The summed E-state index contributed by atoms with van der Waals surface area (Å²) in [6.07, 6.45) is 3.47. The van der Waals surface area contributed by atoms with Gasteiger partial charge in [-0.05, 0) is 26.8 Å². The van der Waals surface area contributed by atoms with Gasteiger partial charge in [-0.25, -0.2) is 4.79 Å². The summed E-state index contributed by atoms with van der Waals surface area (Å²) in [6, 6.07) is 7.97. The van der Waals surface area contributed by atoms with Gasteiger partial charge in [-0.2, -0.15) is 5.10 Å². The summed E-state index contributed by atoms with van der Waals surface area (Å²) in [7, 11) is 0. The molecule has 2 heterocycles. The Balaban J connectivity index is 1.59. The van der Waals surface area contributed by atoms with Crippen molar-refractivity contribution in [2.45, 2.75) is 38.8 Å². The van der Waals surface area contributed by atoms with E-state index in [2.05, 4.69) is 21.8 Å². The van der Waals surface area contributed by atoms with E-state index in [1.165, 1.54) is 0 Å². The molecule has 0 aliphatic carbocycles. The number of nitrogens with one attached hydrogen (secondary N) is 2. The third-order valence-corrected chi connectivity index (χ3v) is 4.09. The molecule has 0 unspecified atom stereocenters. The molecule has 122 valence electrons. The average molecular weight is 314 g/mol. The molecule has 23 heavy (non-hydrogen) atoms. The summed E-state index contributed by atoms with van der Waals surface area (Å²) >= 11 is 0. The zero-order valence-corrected chi connectivity index (χ0v) is 13.6. The van der Waals surface area contributed by atoms with Crippen LogP contribution in [0.25, 0.3) is 0 Å². The van der Waals surface area contributed by atoms with E-state index in [1.807, 2.05) is 45.2 Å². The molecule has 2 atom stereocenters. The number of para-hydroxylation sites is 1. The largest absolute Gasteiger partial charge is 0.493 e. The van der Waals surface area contributed by atoms with Crippen molar-refractivity contribution in [1.82, 2.24) is 15.1 Å². The topological polar surface area (TPSA) is 68.2 Å². The fourth-order valence-electron chi connectivity index (χ4n) is 2.76. The fraction of sp³-hybridized carbons (Fsp3) is 0.412. The summed E-state index contributed by atoms with van der Waals surface area (Å²) in [5, 5.41) is 10.0. The third kappa shape index (κ3) is 3.31. The minimum absolute atomic E-state index is 0.0289. The van der Waals surface area contributed by atoms with Gasteiger partial charge in [0.1, 0.15) is 5.75 Å². The molecule has 3 rings (SSSR count). The minimum Gasteiger partial charge on any atom is -0.493 e. The van der Waals surface area contributed by atoms with Gasteiger partial charge in [0.05, 0.1) is 18.5 Å². The van der Waals surface area contributed by atoms with Gasteiger partial charge in [-0.1, -0.05) is 18.2 Å². The van der Waals surface area contributed by atoms with Crippen LogP contribution in [0.4, 0.5) is 10.5 Å². The molecule has 0 radical (unpaired) electrons. The summed E-state index contributed by atoms with van der Waals surface area (Å²) in [5.41, 5.74) is 1.83. The summed E-state index contributed by atoms with van der Waals surface area (Å²) in [5.74, 6) is 1.07. The zero-order chi connectivity index (χ0) is 16.4. The number of amides is 2. The smallest absolute Gasteiger partial charge is 0.319 e. The Morgan fingerprint density at radius 2 is 2.13 bits per heavy atom. The van der Waals surface area contributed by atoms with Crippen LogP contribution in [0, 0.1) is 0 Å². The molecule has 6 heteroatoms. The third-order valence-electron chi connectivity index (χ3n) is 4.09. The highest BCUT2D eigenvalue weighted by molar-refractivity contribution is 5.89. The van der Waals surface area contributed by atoms with E-state index < -0.39 is 0 Å². The molecule has 0 saturated carbocycles. The highest BCUT2D eigenvalue weighted by Gasteiger charge is 2.29. The van der Waals surface area contributed by atoms with Crippen molar-refractivity contribution in [3.05, 3.63) is 42.2 Å². The van der Waals surface area contributed by atoms with E-state index in [-0.39, 0.29) is 24.0 Å². The van der Waals surface area contributed by atoms with Gasteiger partial charge in [0, 0.05) is 29.8 Å². The SMILES string of the molecule is CC(C)n1cc(NC(=O)N[C@H](C)[C@H]2COc3ccccc32)cn1. The van der Waals surface area contributed by atoms with Gasteiger partial charge in [-0.15, -0.1) is 0 Å². The predicted octanol–water partition coefficient (Wildman–Crippen LogP) is 3.15. The Kier molecular flexibility index (Phi) is 4.23. The summed E-state index contributed by atoms with van der Waals surface area (Å²) in [4.78, 5) is 12.2. The van der Waals surface area contributed by atoms with Crippen LogP contribution < -0.4 is 15.4 Å². The number of aromatic nitrogens is 2. The van der Waals surface area contributed by atoms with Crippen LogP contribution >= 0.6 is 0 Å². The van der Waals surface area contributed by atoms with E-state index in [0.29, 0.717) is 12.3 Å². The maximum Gasteiger partial charge on any atom is 0.319 e. The highest BCUT2D eigenvalue weighted by atomic mass is 16.5. The van der Waals surface area contributed by atoms with Crippen molar-refractivity contribution in [1.29, 1.82) is 0 Å². The maximum absolute atomic E-state index is 12.2. The molecular weight excluding hydrogens is 292 g/mol. The quantitative estimate of drug-likeness (QED) is 0.911. The Morgan fingerprint density at radius 3 is 2.87 bits per heavy atom. The number of carbonyl (C=O) groups is 1. The number of carbonyl (C=O) groups excluding carboxylic acids is 1. The summed E-state index contributed by atoms with van der Waals surface area (Å²) in [6.45, 7) is 6.66. The number of ether oxygens (including phenoxy) is 1. The molecule has 1 aliphatic heterocycles. The molecule has 2 amide bonds. The number of urea groups is 1. The number of hydrogen-bond donors (Lipinski definition) is 2. The van der Waals surface area contributed by atoms with E-state index in [0.717, 1.165) is 11.3 Å². The molecule has 1 aromatic heterocycles. The Labute approximate surface area is 135 Å². The number of rotatable bonds is 4. The number of anilines is 1. The van der Waals surface area contributed by atoms with Gasteiger partial charge < -0.3 is 15.4 Å². The molecule has 0 bridgehead atoms. The number of fused-ring (bicyclic) bond motifs is 1. The molecule has 0 spiro atoms. The predicted molar refractivity (Wildman–Crippen MR) is 88.9 cm³/mol. The summed E-state index contributed by atoms with van der Waals surface area (Å²) < 4.78 is 7.48. The second-order valence-corrected chi connectivity index (χ2v) is 6.15. The van der Waals surface area contributed by atoms with Crippen molar-refractivity contribution in [3.63, 3.8) is 0 Å². The van der Waals surface area contributed by atoms with Crippen molar-refractivity contribution in [2.75, 3.05) is 11.9 Å². The van der Waals surface area contributed by atoms with E-state index in [9.17, 15) is 4.79 Å². The van der Waals surface area contributed by atoms with Crippen molar-refractivity contribution in [2.24, 2.45) is 0 Å². The standard InChI is InChI=1S/C17H22N4O2/c1-11(2)21-9-13(8-18-21)20-17(22)19-12(3)15-10-23-16-7-5-4-6-14(15)16/h4-9,11-12,15H,10H2,1-3H3,(H2,19,20,22)/t12-,15-/m1/s1. The maximum atomic E-state index is 12.2. The van der Waals surface area contributed by atoms with Gasteiger partial charge in [0.15, 0.2) is 0 Å². The Morgan fingerprint density at radius 1 is 1.35 bits per heavy atom. The van der Waals surface area contributed by atoms with Gasteiger partial charge >= 0.3 is 6.03 Å². The lowest BCUT2D eigenvalue weighted by Gasteiger charge is -2.20. The normalized spacial score (nSPS) is 17.5. The monoisotopic (exact) mass is 314 g/mol. The van der Waals surface area contributed by atoms with Crippen molar-refractivity contribution >= 4 is 11.7 Å². The molecular formula is C17H22N4O2. The number of nitrogens with zero attached hydrogens (tertiary/aromatic N) is 2. The second-order valence-electron chi connectivity index (χ2n) is 6.15. The number of benzene rings is 1. The van der Waals surface area contributed by atoms with E-state index >= 15 is 0 Å². The van der Waals surface area contributed by atoms with Crippen LogP contribution in [0.1, 0.15) is 38.3 Å². The molecule has 2 aromatic rings. The minimum atomic E-state index is -0.231. The molecule has 6 nitrogen and oxygen atoms in total. The molecule has 1 aromatic carbocycles. The lowest BCUT2D eigenvalue weighted by atomic mass is 9.94. The van der Waals surface area contributed by atoms with Crippen LogP contribution in [0.2, 0.25) is 0 Å². The first kappa shape index (κ1) is 15.4. The van der Waals surface area contributed by atoms with Crippen LogP contribution in [0.3, 0.4) is 0 Å².